The summed E-state index contributed by atoms with van der Waals surface area (Å²) in [6.45, 7) is 5.07. The molecule has 1 aliphatic heterocycles. The van der Waals surface area contributed by atoms with Crippen molar-refractivity contribution in [2.45, 2.75) is 44.6 Å². The molecule has 1 aromatic rings. The number of piperidine rings is 1. The number of hydrogen-bond donors (Lipinski definition) is 1. The van der Waals surface area contributed by atoms with Crippen LogP contribution >= 0.6 is 0 Å². The maximum absolute atomic E-state index is 12.6. The van der Waals surface area contributed by atoms with Gasteiger partial charge in [0.25, 0.3) is 5.91 Å². The third kappa shape index (κ3) is 3.24. The van der Waals surface area contributed by atoms with Gasteiger partial charge in [0.05, 0.1) is 5.54 Å². The highest BCUT2D eigenvalue weighted by Crippen LogP contribution is 2.37. The summed E-state index contributed by atoms with van der Waals surface area (Å²) in [6, 6.07) is 2.98. The van der Waals surface area contributed by atoms with Crippen molar-refractivity contribution < 1.29 is 4.79 Å². The highest BCUT2D eigenvalue weighted by atomic mass is 16.2. The lowest BCUT2D eigenvalue weighted by Crippen LogP contribution is -2.47. The van der Waals surface area contributed by atoms with Crippen molar-refractivity contribution in [1.29, 1.82) is 0 Å². The maximum Gasteiger partial charge on any atom is 0.268 e. The Morgan fingerprint density at radius 1 is 1.23 bits per heavy atom. The van der Waals surface area contributed by atoms with E-state index in [1.807, 2.05) is 14.0 Å². The number of aryl methyl sites for hydroxylation is 1. The molecule has 0 unspecified atom stereocenters. The topological polar surface area (TPSA) is 54.3 Å². The van der Waals surface area contributed by atoms with Gasteiger partial charge in [0.2, 0.25) is 0 Å². The summed E-state index contributed by atoms with van der Waals surface area (Å²) >= 11 is 0. The van der Waals surface area contributed by atoms with Crippen molar-refractivity contribution >= 4 is 5.91 Å². The first-order chi connectivity index (χ1) is 10.5. The van der Waals surface area contributed by atoms with Gasteiger partial charge in [-0.1, -0.05) is 6.42 Å². The van der Waals surface area contributed by atoms with Crippen molar-refractivity contribution in [2.75, 3.05) is 19.6 Å². The molecule has 1 saturated heterocycles. The molecule has 2 aliphatic rings. The van der Waals surface area contributed by atoms with E-state index in [2.05, 4.69) is 10.2 Å². The molecular formula is C17H25N3O2. The van der Waals surface area contributed by atoms with Crippen molar-refractivity contribution in [3.63, 3.8) is 0 Å². The van der Waals surface area contributed by atoms with Crippen LogP contribution in [0.5, 0.6) is 0 Å². The number of aromatic nitrogens is 1. The van der Waals surface area contributed by atoms with E-state index in [1.165, 1.54) is 25.3 Å². The number of nitrogens with zero attached hydrogens (tertiary/aromatic N) is 2. The first-order valence-corrected chi connectivity index (χ1v) is 8.22. The molecule has 1 saturated carbocycles. The highest BCUT2D eigenvalue weighted by molar-refractivity contribution is 5.93. The van der Waals surface area contributed by atoms with E-state index < -0.39 is 0 Å². The minimum Gasteiger partial charge on any atom is -0.344 e. The van der Waals surface area contributed by atoms with Crippen LogP contribution in [-0.4, -0.2) is 40.5 Å². The lowest BCUT2D eigenvalue weighted by atomic mass is 10.1. The van der Waals surface area contributed by atoms with Crippen LogP contribution in [0.2, 0.25) is 0 Å². The normalized spacial score (nSPS) is 20.6. The molecule has 120 valence electrons. The number of hydrogen-bond acceptors (Lipinski definition) is 3. The quantitative estimate of drug-likeness (QED) is 0.916. The minimum atomic E-state index is -0.127. The Bertz CT molecular complexity index is 625. The van der Waals surface area contributed by atoms with Crippen molar-refractivity contribution in [2.24, 2.45) is 7.05 Å². The predicted molar refractivity (Wildman–Crippen MR) is 86.1 cm³/mol. The molecule has 2 fully saturated rings. The summed E-state index contributed by atoms with van der Waals surface area (Å²) in [5.74, 6) is -0.127. The Morgan fingerprint density at radius 3 is 2.55 bits per heavy atom. The van der Waals surface area contributed by atoms with Crippen LogP contribution in [0, 0.1) is 6.92 Å². The van der Waals surface area contributed by atoms with Crippen LogP contribution in [-0.2, 0) is 7.05 Å². The van der Waals surface area contributed by atoms with Gasteiger partial charge in [-0.25, -0.2) is 0 Å². The molecule has 5 heteroatoms. The molecule has 0 aromatic carbocycles. The molecule has 22 heavy (non-hydrogen) atoms. The Morgan fingerprint density at radius 2 is 1.91 bits per heavy atom. The molecule has 5 nitrogen and oxygen atoms in total. The Labute approximate surface area is 131 Å². The van der Waals surface area contributed by atoms with Gasteiger partial charge in [0.15, 0.2) is 5.43 Å². The summed E-state index contributed by atoms with van der Waals surface area (Å²) in [4.78, 5) is 26.7. The van der Waals surface area contributed by atoms with Crippen LogP contribution in [0.4, 0.5) is 0 Å². The summed E-state index contributed by atoms with van der Waals surface area (Å²) in [5.41, 5.74) is 1.07. The summed E-state index contributed by atoms with van der Waals surface area (Å²) in [7, 11) is 1.83. The van der Waals surface area contributed by atoms with Gasteiger partial charge in [-0.2, -0.15) is 0 Å². The monoisotopic (exact) mass is 303 g/mol. The van der Waals surface area contributed by atoms with Crippen LogP contribution in [0.15, 0.2) is 16.9 Å². The fourth-order valence-electron chi connectivity index (χ4n) is 3.31. The smallest absolute Gasteiger partial charge is 0.268 e. The van der Waals surface area contributed by atoms with Crippen molar-refractivity contribution in [1.82, 2.24) is 14.8 Å². The largest absolute Gasteiger partial charge is 0.344 e. The molecule has 0 atom stereocenters. The fraction of sp³-hybridized carbons (Fsp3) is 0.647. The number of carbonyl (C=O) groups is 1. The van der Waals surface area contributed by atoms with E-state index in [1.54, 1.807) is 10.6 Å². The zero-order valence-electron chi connectivity index (χ0n) is 13.5. The Balaban J connectivity index is 1.70. The van der Waals surface area contributed by atoms with Gasteiger partial charge >= 0.3 is 0 Å². The second-order valence-corrected chi connectivity index (χ2v) is 6.85. The van der Waals surface area contributed by atoms with Gasteiger partial charge in [-0.05, 0) is 45.7 Å². The number of amides is 1. The first kappa shape index (κ1) is 15.3. The van der Waals surface area contributed by atoms with Crippen LogP contribution in [0.3, 0.4) is 0 Å². The minimum absolute atomic E-state index is 0.0752. The second-order valence-electron chi connectivity index (χ2n) is 6.85. The van der Waals surface area contributed by atoms with E-state index in [0.29, 0.717) is 5.69 Å². The van der Waals surface area contributed by atoms with E-state index in [4.69, 9.17) is 0 Å². The lowest BCUT2D eigenvalue weighted by Gasteiger charge is -2.31. The number of carbonyl (C=O) groups excluding carboxylic acids is 1. The zero-order valence-corrected chi connectivity index (χ0v) is 13.5. The molecule has 2 heterocycles. The van der Waals surface area contributed by atoms with Gasteiger partial charge in [-0.15, -0.1) is 0 Å². The average molecular weight is 303 g/mol. The number of nitrogens with one attached hydrogen (secondary N) is 1. The molecule has 1 N–H and O–H groups in total. The maximum atomic E-state index is 12.6. The van der Waals surface area contributed by atoms with Gasteiger partial charge in [0, 0.05) is 31.4 Å². The SMILES string of the molecule is Cc1cc(=O)cc(C(=O)NC2(CN3CCCCC3)CC2)n1C. The Kier molecular flexibility index (Phi) is 4.08. The predicted octanol–water partition coefficient (Wildman–Crippen LogP) is 1.44. The van der Waals surface area contributed by atoms with E-state index >= 15 is 0 Å². The summed E-state index contributed by atoms with van der Waals surface area (Å²) in [5, 5.41) is 3.19. The number of rotatable bonds is 4. The summed E-state index contributed by atoms with van der Waals surface area (Å²) in [6.07, 6.45) is 5.91. The van der Waals surface area contributed by atoms with Crippen LogP contribution in [0.1, 0.15) is 48.3 Å². The fourth-order valence-corrected chi connectivity index (χ4v) is 3.31. The summed E-state index contributed by atoms with van der Waals surface area (Å²) < 4.78 is 1.79. The molecule has 0 bridgehead atoms. The molecule has 3 rings (SSSR count). The number of pyridine rings is 1. The van der Waals surface area contributed by atoms with Crippen LogP contribution in [0.25, 0.3) is 0 Å². The third-order valence-electron chi connectivity index (χ3n) is 4.96. The van der Waals surface area contributed by atoms with Gasteiger partial charge in [-0.3, -0.25) is 9.59 Å². The van der Waals surface area contributed by atoms with Crippen molar-refractivity contribution in [3.05, 3.63) is 33.7 Å². The second kappa shape index (κ2) is 5.88. The van der Waals surface area contributed by atoms with Crippen molar-refractivity contribution in [3.8, 4) is 0 Å². The molecule has 1 aliphatic carbocycles. The average Bonchev–Trinajstić information content (AvgIpc) is 3.23. The third-order valence-corrected chi connectivity index (χ3v) is 4.96. The zero-order chi connectivity index (χ0) is 15.7. The van der Waals surface area contributed by atoms with E-state index in [-0.39, 0.29) is 16.9 Å². The van der Waals surface area contributed by atoms with E-state index in [9.17, 15) is 9.59 Å². The Hall–Kier alpha value is -1.62. The standard InChI is InChI=1S/C17H25N3O2/c1-13-10-14(21)11-15(19(13)2)16(22)18-17(6-7-17)12-20-8-4-3-5-9-20/h10-11H,3-9,12H2,1-2H3,(H,18,22). The lowest BCUT2D eigenvalue weighted by molar-refractivity contribution is 0.0902. The highest BCUT2D eigenvalue weighted by Gasteiger charge is 2.45. The molecule has 0 spiro atoms. The van der Waals surface area contributed by atoms with E-state index in [0.717, 1.165) is 38.2 Å². The van der Waals surface area contributed by atoms with Crippen LogP contribution < -0.4 is 10.7 Å². The van der Waals surface area contributed by atoms with Gasteiger partial charge in [0.1, 0.15) is 5.69 Å². The molecule has 0 radical (unpaired) electrons. The van der Waals surface area contributed by atoms with Gasteiger partial charge < -0.3 is 14.8 Å². The number of likely N-dealkylation sites (tertiary alicyclic amines) is 1. The molecule has 1 aromatic heterocycles. The first-order valence-electron chi connectivity index (χ1n) is 8.22. The molecular weight excluding hydrogens is 278 g/mol. The molecule has 1 amide bonds.